The molecule has 0 aliphatic heterocycles. The average molecular weight is 274 g/mol. The molecular weight excluding hydrogens is 253 g/mol. The topological polar surface area (TPSA) is 6.48 Å². The lowest BCUT2D eigenvalue weighted by atomic mass is 10.0. The molecule has 1 aromatic rings. The molecule has 5 heteroatoms. The highest BCUT2D eigenvalue weighted by atomic mass is 19.4. The van der Waals surface area contributed by atoms with E-state index in [1.807, 2.05) is 30.9 Å². The standard InChI is InChI=1S/C14H21F3N2/c1-10-8-12(14(15,16)17)11(2)13(9-10)19(5)7-6-18(3)4/h8-9H,6-7H2,1-5H3. The lowest BCUT2D eigenvalue weighted by Gasteiger charge is -2.25. The van der Waals surface area contributed by atoms with Gasteiger partial charge in [0, 0.05) is 25.8 Å². The van der Waals surface area contributed by atoms with Crippen LogP contribution in [0.2, 0.25) is 0 Å². The van der Waals surface area contributed by atoms with Crippen molar-refractivity contribution in [3.8, 4) is 0 Å². The van der Waals surface area contributed by atoms with Crippen LogP contribution < -0.4 is 4.90 Å². The Balaban J connectivity index is 3.11. The molecule has 0 N–H and O–H groups in total. The number of anilines is 1. The maximum Gasteiger partial charge on any atom is 0.416 e. The number of aryl methyl sites for hydroxylation is 1. The molecule has 0 fully saturated rings. The summed E-state index contributed by atoms with van der Waals surface area (Å²) in [5.74, 6) is 0. The van der Waals surface area contributed by atoms with Crippen molar-refractivity contribution in [3.05, 3.63) is 28.8 Å². The van der Waals surface area contributed by atoms with Crippen LogP contribution in [0.5, 0.6) is 0 Å². The van der Waals surface area contributed by atoms with Crippen LogP contribution in [0.25, 0.3) is 0 Å². The fourth-order valence-electron chi connectivity index (χ4n) is 2.00. The highest BCUT2D eigenvalue weighted by Gasteiger charge is 2.33. The zero-order chi connectivity index (χ0) is 14.8. The highest BCUT2D eigenvalue weighted by Crippen LogP contribution is 2.36. The maximum atomic E-state index is 13.0. The second kappa shape index (κ2) is 5.82. The quantitative estimate of drug-likeness (QED) is 0.831. The second-order valence-corrected chi connectivity index (χ2v) is 5.18. The molecule has 0 spiro atoms. The molecule has 0 unspecified atom stereocenters. The van der Waals surface area contributed by atoms with Gasteiger partial charge in [-0.15, -0.1) is 0 Å². The molecule has 1 rings (SSSR count). The molecule has 0 aromatic heterocycles. The fraction of sp³-hybridized carbons (Fsp3) is 0.571. The van der Waals surface area contributed by atoms with Gasteiger partial charge in [0.1, 0.15) is 0 Å². The molecule has 0 bridgehead atoms. The van der Waals surface area contributed by atoms with E-state index in [1.54, 1.807) is 13.0 Å². The minimum absolute atomic E-state index is 0.291. The molecule has 2 nitrogen and oxygen atoms in total. The highest BCUT2D eigenvalue weighted by molar-refractivity contribution is 5.58. The summed E-state index contributed by atoms with van der Waals surface area (Å²) in [6.45, 7) is 4.71. The van der Waals surface area contributed by atoms with Crippen LogP contribution >= 0.6 is 0 Å². The Morgan fingerprint density at radius 2 is 1.58 bits per heavy atom. The molecule has 1 aromatic carbocycles. The van der Waals surface area contributed by atoms with Crippen LogP contribution in [0.15, 0.2) is 12.1 Å². The summed E-state index contributed by atoms with van der Waals surface area (Å²) in [4.78, 5) is 3.88. The van der Waals surface area contributed by atoms with Gasteiger partial charge in [-0.05, 0) is 51.2 Å². The van der Waals surface area contributed by atoms with E-state index in [-0.39, 0.29) is 0 Å². The monoisotopic (exact) mass is 274 g/mol. The van der Waals surface area contributed by atoms with Crippen molar-refractivity contribution >= 4 is 5.69 Å². The SMILES string of the molecule is Cc1cc(N(C)CCN(C)C)c(C)c(C(F)(F)F)c1. The smallest absolute Gasteiger partial charge is 0.373 e. The molecule has 108 valence electrons. The van der Waals surface area contributed by atoms with Gasteiger partial charge in [0.2, 0.25) is 0 Å². The molecular formula is C14H21F3N2. The van der Waals surface area contributed by atoms with Crippen molar-refractivity contribution < 1.29 is 13.2 Å². The van der Waals surface area contributed by atoms with Crippen molar-refractivity contribution in [2.45, 2.75) is 20.0 Å². The molecule has 0 aliphatic carbocycles. The first-order valence-electron chi connectivity index (χ1n) is 6.17. The fourth-order valence-corrected chi connectivity index (χ4v) is 2.00. The van der Waals surface area contributed by atoms with Crippen molar-refractivity contribution in [2.24, 2.45) is 0 Å². The van der Waals surface area contributed by atoms with Gasteiger partial charge in [0.05, 0.1) is 5.56 Å². The van der Waals surface area contributed by atoms with Gasteiger partial charge in [-0.1, -0.05) is 0 Å². The van der Waals surface area contributed by atoms with Crippen LogP contribution in [0.4, 0.5) is 18.9 Å². The van der Waals surface area contributed by atoms with Gasteiger partial charge in [-0.2, -0.15) is 13.2 Å². The van der Waals surface area contributed by atoms with E-state index < -0.39 is 11.7 Å². The van der Waals surface area contributed by atoms with E-state index in [2.05, 4.69) is 0 Å². The van der Waals surface area contributed by atoms with E-state index in [1.165, 1.54) is 13.0 Å². The Morgan fingerprint density at radius 3 is 2.05 bits per heavy atom. The molecule has 0 aliphatic rings. The van der Waals surface area contributed by atoms with Crippen molar-refractivity contribution in [2.75, 3.05) is 39.1 Å². The summed E-state index contributed by atoms with van der Waals surface area (Å²) in [7, 11) is 5.71. The third-order valence-corrected chi connectivity index (χ3v) is 3.12. The van der Waals surface area contributed by atoms with Crippen LogP contribution in [0, 0.1) is 13.8 Å². The summed E-state index contributed by atoms with van der Waals surface area (Å²) in [5.41, 5.74) is 1.03. The normalized spacial score (nSPS) is 12.1. The predicted molar refractivity (Wildman–Crippen MR) is 72.7 cm³/mol. The zero-order valence-corrected chi connectivity index (χ0v) is 12.1. The van der Waals surface area contributed by atoms with Gasteiger partial charge in [-0.25, -0.2) is 0 Å². The zero-order valence-electron chi connectivity index (χ0n) is 12.1. The van der Waals surface area contributed by atoms with Gasteiger partial charge in [-0.3, -0.25) is 0 Å². The van der Waals surface area contributed by atoms with Crippen LogP contribution in [0.3, 0.4) is 0 Å². The van der Waals surface area contributed by atoms with Crippen molar-refractivity contribution in [3.63, 3.8) is 0 Å². The minimum Gasteiger partial charge on any atom is -0.373 e. The third kappa shape index (κ3) is 4.13. The Kier molecular flexibility index (Phi) is 4.85. The van der Waals surface area contributed by atoms with Crippen LogP contribution in [-0.2, 0) is 6.18 Å². The van der Waals surface area contributed by atoms with Crippen LogP contribution in [0.1, 0.15) is 16.7 Å². The first kappa shape index (κ1) is 15.8. The number of nitrogens with zero attached hydrogens (tertiary/aromatic N) is 2. The maximum absolute atomic E-state index is 13.0. The molecule has 0 amide bonds. The summed E-state index contributed by atoms with van der Waals surface area (Å²) in [5, 5.41) is 0. The predicted octanol–water partition coefficient (Wildman–Crippen LogP) is 3.32. The lowest BCUT2D eigenvalue weighted by Crippen LogP contribution is -2.29. The van der Waals surface area contributed by atoms with E-state index in [0.717, 1.165) is 6.54 Å². The van der Waals surface area contributed by atoms with Gasteiger partial charge >= 0.3 is 6.18 Å². The lowest BCUT2D eigenvalue weighted by molar-refractivity contribution is -0.138. The second-order valence-electron chi connectivity index (χ2n) is 5.18. The molecule has 0 saturated heterocycles. The number of rotatable bonds is 4. The third-order valence-electron chi connectivity index (χ3n) is 3.12. The van der Waals surface area contributed by atoms with E-state index >= 15 is 0 Å². The number of hydrogen-bond acceptors (Lipinski definition) is 2. The summed E-state index contributed by atoms with van der Waals surface area (Å²) in [6, 6.07) is 3.01. The Labute approximate surface area is 112 Å². The minimum atomic E-state index is -4.30. The van der Waals surface area contributed by atoms with Gasteiger partial charge in [0.15, 0.2) is 0 Å². The molecule has 0 atom stereocenters. The molecule has 0 radical (unpaired) electrons. The molecule has 19 heavy (non-hydrogen) atoms. The number of hydrogen-bond donors (Lipinski definition) is 0. The first-order chi connectivity index (χ1) is 8.62. The molecule has 0 saturated carbocycles. The average Bonchev–Trinajstić information content (AvgIpc) is 2.27. The first-order valence-corrected chi connectivity index (χ1v) is 6.17. The number of alkyl halides is 3. The Hall–Kier alpha value is -1.23. The number of benzene rings is 1. The summed E-state index contributed by atoms with van der Waals surface area (Å²) in [6.07, 6.45) is -4.30. The van der Waals surface area contributed by atoms with E-state index in [4.69, 9.17) is 0 Å². The van der Waals surface area contributed by atoms with E-state index in [0.29, 0.717) is 23.4 Å². The van der Waals surface area contributed by atoms with Crippen molar-refractivity contribution in [1.29, 1.82) is 0 Å². The van der Waals surface area contributed by atoms with Gasteiger partial charge < -0.3 is 9.80 Å². The number of halogens is 3. The van der Waals surface area contributed by atoms with E-state index in [9.17, 15) is 13.2 Å². The Morgan fingerprint density at radius 1 is 1.00 bits per heavy atom. The van der Waals surface area contributed by atoms with Crippen molar-refractivity contribution in [1.82, 2.24) is 4.90 Å². The summed E-state index contributed by atoms with van der Waals surface area (Å²) >= 11 is 0. The van der Waals surface area contributed by atoms with Gasteiger partial charge in [0.25, 0.3) is 0 Å². The number of likely N-dealkylation sites (N-methyl/N-ethyl adjacent to an activating group) is 2. The Bertz CT molecular complexity index is 439. The van der Waals surface area contributed by atoms with Crippen LogP contribution in [-0.4, -0.2) is 39.1 Å². The summed E-state index contributed by atoms with van der Waals surface area (Å²) < 4.78 is 38.9. The molecule has 0 heterocycles. The largest absolute Gasteiger partial charge is 0.416 e.